The minimum absolute atomic E-state index is 0.0986. The van der Waals surface area contributed by atoms with Crippen LogP contribution in [0.25, 0.3) is 0 Å². The van der Waals surface area contributed by atoms with E-state index in [2.05, 4.69) is 0 Å². The SMILES string of the molecule is N=C(Cl)c1ccc([C@H]2CCCOC2)cc1. The van der Waals surface area contributed by atoms with Gasteiger partial charge in [-0.3, -0.25) is 5.41 Å². The molecular weight excluding hydrogens is 210 g/mol. The van der Waals surface area contributed by atoms with Crippen LogP contribution in [-0.4, -0.2) is 18.4 Å². The summed E-state index contributed by atoms with van der Waals surface area (Å²) in [4.78, 5) is 0. The highest BCUT2D eigenvalue weighted by Gasteiger charge is 2.15. The molecule has 1 aliphatic heterocycles. The monoisotopic (exact) mass is 223 g/mol. The highest BCUT2D eigenvalue weighted by Crippen LogP contribution is 2.25. The van der Waals surface area contributed by atoms with Crippen LogP contribution in [0.5, 0.6) is 0 Å². The third kappa shape index (κ3) is 2.58. The Balaban J connectivity index is 2.11. The molecule has 1 fully saturated rings. The first-order chi connectivity index (χ1) is 7.27. The van der Waals surface area contributed by atoms with E-state index >= 15 is 0 Å². The molecule has 0 aromatic heterocycles. The summed E-state index contributed by atoms with van der Waals surface area (Å²) in [6.45, 7) is 1.71. The van der Waals surface area contributed by atoms with Gasteiger partial charge >= 0.3 is 0 Å². The minimum Gasteiger partial charge on any atom is -0.381 e. The van der Waals surface area contributed by atoms with Gasteiger partial charge in [-0.2, -0.15) is 0 Å². The molecule has 0 aliphatic carbocycles. The number of ether oxygens (including phenoxy) is 1. The number of hydrogen-bond acceptors (Lipinski definition) is 2. The highest BCUT2D eigenvalue weighted by atomic mass is 35.5. The van der Waals surface area contributed by atoms with Crippen LogP contribution < -0.4 is 0 Å². The predicted octanol–water partition coefficient (Wildman–Crippen LogP) is 3.14. The van der Waals surface area contributed by atoms with Crippen LogP contribution in [-0.2, 0) is 4.74 Å². The van der Waals surface area contributed by atoms with Crippen molar-refractivity contribution in [3.05, 3.63) is 35.4 Å². The molecule has 0 radical (unpaired) electrons. The van der Waals surface area contributed by atoms with Crippen molar-refractivity contribution in [1.29, 1.82) is 5.41 Å². The maximum atomic E-state index is 7.29. The molecule has 2 rings (SSSR count). The first-order valence-corrected chi connectivity index (χ1v) is 5.57. The summed E-state index contributed by atoms with van der Waals surface area (Å²) in [7, 11) is 0. The maximum Gasteiger partial charge on any atom is 0.128 e. The van der Waals surface area contributed by atoms with Gasteiger partial charge in [-0.05, 0) is 18.4 Å². The Morgan fingerprint density at radius 1 is 1.33 bits per heavy atom. The van der Waals surface area contributed by atoms with Gasteiger partial charge in [-0.25, -0.2) is 0 Å². The second kappa shape index (κ2) is 4.77. The van der Waals surface area contributed by atoms with E-state index in [1.807, 2.05) is 24.3 Å². The smallest absolute Gasteiger partial charge is 0.128 e. The van der Waals surface area contributed by atoms with Crippen LogP contribution in [0.15, 0.2) is 24.3 Å². The van der Waals surface area contributed by atoms with Crippen molar-refractivity contribution in [3.63, 3.8) is 0 Å². The average molecular weight is 224 g/mol. The van der Waals surface area contributed by atoms with Crippen molar-refractivity contribution in [3.8, 4) is 0 Å². The van der Waals surface area contributed by atoms with E-state index in [4.69, 9.17) is 21.7 Å². The summed E-state index contributed by atoms with van der Waals surface area (Å²) in [5.74, 6) is 0.511. The van der Waals surface area contributed by atoms with E-state index in [0.717, 1.165) is 25.2 Å². The molecule has 2 nitrogen and oxygen atoms in total. The molecule has 0 amide bonds. The van der Waals surface area contributed by atoms with Crippen molar-refractivity contribution in [2.75, 3.05) is 13.2 Å². The molecule has 0 unspecified atom stereocenters. The summed E-state index contributed by atoms with van der Waals surface area (Å²) in [6.07, 6.45) is 2.33. The first-order valence-electron chi connectivity index (χ1n) is 5.19. The lowest BCUT2D eigenvalue weighted by Gasteiger charge is -2.22. The van der Waals surface area contributed by atoms with Gasteiger partial charge in [0, 0.05) is 18.1 Å². The van der Waals surface area contributed by atoms with E-state index in [0.29, 0.717) is 5.92 Å². The quantitative estimate of drug-likeness (QED) is 0.768. The van der Waals surface area contributed by atoms with Gasteiger partial charge < -0.3 is 4.74 Å². The molecule has 1 heterocycles. The van der Waals surface area contributed by atoms with Crippen LogP contribution in [0.4, 0.5) is 0 Å². The van der Waals surface area contributed by atoms with Gasteiger partial charge in [0.05, 0.1) is 6.61 Å². The van der Waals surface area contributed by atoms with Crippen LogP contribution >= 0.6 is 11.6 Å². The van der Waals surface area contributed by atoms with E-state index in [-0.39, 0.29) is 5.17 Å². The van der Waals surface area contributed by atoms with Crippen molar-refractivity contribution in [2.24, 2.45) is 0 Å². The number of hydrogen-bond donors (Lipinski definition) is 1. The fraction of sp³-hybridized carbons (Fsp3) is 0.417. The molecule has 0 saturated carbocycles. The van der Waals surface area contributed by atoms with Gasteiger partial charge in [-0.15, -0.1) is 0 Å². The topological polar surface area (TPSA) is 33.1 Å². The Labute approximate surface area is 94.7 Å². The van der Waals surface area contributed by atoms with E-state index < -0.39 is 0 Å². The minimum atomic E-state index is 0.0986. The zero-order chi connectivity index (χ0) is 10.7. The third-order valence-electron chi connectivity index (χ3n) is 2.80. The number of benzene rings is 1. The van der Waals surface area contributed by atoms with Crippen LogP contribution in [0.3, 0.4) is 0 Å². The van der Waals surface area contributed by atoms with Crippen molar-refractivity contribution in [2.45, 2.75) is 18.8 Å². The second-order valence-electron chi connectivity index (χ2n) is 3.85. The lowest BCUT2D eigenvalue weighted by Crippen LogP contribution is -2.15. The number of nitrogens with one attached hydrogen (secondary N) is 1. The van der Waals surface area contributed by atoms with Crippen LogP contribution in [0.2, 0.25) is 0 Å². The fourth-order valence-corrected chi connectivity index (χ4v) is 2.03. The van der Waals surface area contributed by atoms with Crippen molar-refractivity contribution in [1.82, 2.24) is 0 Å². The Bertz CT molecular complexity index is 341. The second-order valence-corrected chi connectivity index (χ2v) is 4.23. The molecule has 1 atom stereocenters. The summed E-state index contributed by atoms with van der Waals surface area (Å²) in [5.41, 5.74) is 2.06. The van der Waals surface area contributed by atoms with E-state index in [9.17, 15) is 0 Å². The molecule has 0 spiro atoms. The van der Waals surface area contributed by atoms with Gasteiger partial charge in [0.25, 0.3) is 0 Å². The van der Waals surface area contributed by atoms with E-state index in [1.165, 1.54) is 12.0 Å². The summed E-state index contributed by atoms with van der Waals surface area (Å²) in [5, 5.41) is 7.39. The zero-order valence-electron chi connectivity index (χ0n) is 8.50. The van der Waals surface area contributed by atoms with Crippen molar-refractivity contribution < 1.29 is 4.74 Å². The van der Waals surface area contributed by atoms with E-state index in [1.54, 1.807) is 0 Å². The Morgan fingerprint density at radius 3 is 2.60 bits per heavy atom. The number of rotatable bonds is 2. The summed E-state index contributed by atoms with van der Waals surface area (Å²) in [6, 6.07) is 7.90. The molecule has 15 heavy (non-hydrogen) atoms. The first kappa shape index (κ1) is 10.7. The molecule has 3 heteroatoms. The van der Waals surface area contributed by atoms with Crippen LogP contribution in [0, 0.1) is 5.41 Å². The van der Waals surface area contributed by atoms with Gasteiger partial charge in [-0.1, -0.05) is 35.9 Å². The largest absolute Gasteiger partial charge is 0.381 e. The lowest BCUT2D eigenvalue weighted by atomic mass is 9.93. The Hall–Kier alpha value is -0.860. The summed E-state index contributed by atoms with van der Waals surface area (Å²) >= 11 is 5.60. The normalized spacial score (nSPS) is 21.3. The average Bonchev–Trinajstić information content (AvgIpc) is 2.30. The fourth-order valence-electron chi connectivity index (χ4n) is 1.91. The zero-order valence-corrected chi connectivity index (χ0v) is 9.26. The molecule has 80 valence electrons. The molecule has 0 bridgehead atoms. The summed E-state index contributed by atoms with van der Waals surface area (Å²) < 4.78 is 5.45. The molecule has 1 aliphatic rings. The molecule has 1 aromatic rings. The molecule has 1 N–H and O–H groups in total. The molecule has 1 saturated heterocycles. The molecular formula is C12H14ClNO. The van der Waals surface area contributed by atoms with Crippen LogP contribution in [0.1, 0.15) is 29.9 Å². The highest BCUT2D eigenvalue weighted by molar-refractivity contribution is 6.68. The third-order valence-corrected chi connectivity index (χ3v) is 3.01. The van der Waals surface area contributed by atoms with Gasteiger partial charge in [0.2, 0.25) is 0 Å². The Kier molecular flexibility index (Phi) is 3.39. The van der Waals surface area contributed by atoms with Gasteiger partial charge in [0.15, 0.2) is 0 Å². The Morgan fingerprint density at radius 2 is 2.07 bits per heavy atom. The van der Waals surface area contributed by atoms with Crippen molar-refractivity contribution >= 4 is 16.8 Å². The number of halogens is 1. The standard InChI is InChI=1S/C12H14ClNO/c13-12(14)10-5-3-9(4-6-10)11-2-1-7-15-8-11/h3-6,11,14H,1-2,7-8H2/t11-/m0/s1. The van der Waals surface area contributed by atoms with Gasteiger partial charge in [0.1, 0.15) is 5.17 Å². The maximum absolute atomic E-state index is 7.29. The predicted molar refractivity (Wildman–Crippen MR) is 61.9 cm³/mol. The lowest BCUT2D eigenvalue weighted by molar-refractivity contribution is 0.0804. The molecule has 1 aromatic carbocycles.